The van der Waals surface area contributed by atoms with Crippen LogP contribution in [-0.4, -0.2) is 18.3 Å². The third-order valence-electron chi connectivity index (χ3n) is 1.74. The van der Waals surface area contributed by atoms with E-state index in [0.29, 0.717) is 13.2 Å². The molecule has 0 aromatic heterocycles. The third-order valence-corrected chi connectivity index (χ3v) is 2.85. The van der Waals surface area contributed by atoms with Crippen molar-refractivity contribution in [2.75, 3.05) is 18.3 Å². The lowest BCUT2D eigenvalue weighted by Gasteiger charge is -2.18. The summed E-state index contributed by atoms with van der Waals surface area (Å²) in [5.41, 5.74) is 0. The number of hydrogen-bond acceptors (Lipinski definition) is 4. The Bertz CT molecular complexity index is 302. The summed E-state index contributed by atoms with van der Waals surface area (Å²) < 4.78 is 10.9. The molecule has 0 N–H and O–H groups in total. The van der Waals surface area contributed by atoms with Crippen LogP contribution in [0.4, 0.5) is 0 Å². The standard InChI is InChI=1S/C9H10O2S2/c12-6-13-7-1-2-8-9(5-7)11-4-3-10-8/h1-2,5,12H,3-4,6H2. The summed E-state index contributed by atoms with van der Waals surface area (Å²) in [6.45, 7) is 1.29. The molecule has 0 radical (unpaired) electrons. The second kappa shape index (κ2) is 4.15. The monoisotopic (exact) mass is 214 g/mol. The predicted molar refractivity (Wildman–Crippen MR) is 57.1 cm³/mol. The van der Waals surface area contributed by atoms with Crippen LogP contribution < -0.4 is 9.47 Å². The second-order valence-corrected chi connectivity index (χ2v) is 4.37. The Balaban J connectivity index is 2.24. The van der Waals surface area contributed by atoms with E-state index in [1.807, 2.05) is 18.2 Å². The van der Waals surface area contributed by atoms with Gasteiger partial charge in [0, 0.05) is 9.98 Å². The maximum absolute atomic E-state index is 5.45. The molecule has 13 heavy (non-hydrogen) atoms. The zero-order chi connectivity index (χ0) is 9.10. The van der Waals surface area contributed by atoms with Gasteiger partial charge in [-0.15, -0.1) is 11.8 Å². The molecule has 0 fully saturated rings. The number of fused-ring (bicyclic) bond motifs is 1. The summed E-state index contributed by atoms with van der Waals surface area (Å²) in [6, 6.07) is 5.96. The average molecular weight is 214 g/mol. The fourth-order valence-corrected chi connectivity index (χ4v) is 2.14. The largest absolute Gasteiger partial charge is 0.486 e. The zero-order valence-electron chi connectivity index (χ0n) is 7.03. The lowest BCUT2D eigenvalue weighted by molar-refractivity contribution is 0.171. The van der Waals surface area contributed by atoms with Crippen molar-refractivity contribution in [3.05, 3.63) is 18.2 Å². The van der Waals surface area contributed by atoms with Gasteiger partial charge in [-0.3, -0.25) is 0 Å². The van der Waals surface area contributed by atoms with Gasteiger partial charge in [0.15, 0.2) is 11.5 Å². The number of thiol groups is 1. The zero-order valence-corrected chi connectivity index (χ0v) is 8.74. The quantitative estimate of drug-likeness (QED) is 0.463. The molecule has 0 atom stereocenters. The van der Waals surface area contributed by atoms with Crippen molar-refractivity contribution in [3.63, 3.8) is 0 Å². The van der Waals surface area contributed by atoms with E-state index in [1.165, 1.54) is 4.90 Å². The van der Waals surface area contributed by atoms with Crippen molar-refractivity contribution in [2.45, 2.75) is 4.90 Å². The lowest BCUT2D eigenvalue weighted by atomic mass is 10.3. The van der Waals surface area contributed by atoms with Crippen LogP contribution in [0.1, 0.15) is 0 Å². The van der Waals surface area contributed by atoms with Gasteiger partial charge in [-0.1, -0.05) is 0 Å². The van der Waals surface area contributed by atoms with E-state index in [-0.39, 0.29) is 0 Å². The average Bonchev–Trinajstić information content (AvgIpc) is 2.18. The molecule has 0 spiro atoms. The number of ether oxygens (including phenoxy) is 2. The van der Waals surface area contributed by atoms with Gasteiger partial charge < -0.3 is 9.47 Å². The minimum Gasteiger partial charge on any atom is -0.486 e. The molecule has 1 aliphatic rings. The normalized spacial score (nSPS) is 14.2. The molecule has 0 amide bonds. The van der Waals surface area contributed by atoms with Crippen LogP contribution in [0.3, 0.4) is 0 Å². The Morgan fingerprint density at radius 1 is 1.23 bits per heavy atom. The number of benzene rings is 1. The van der Waals surface area contributed by atoms with Gasteiger partial charge in [-0.05, 0) is 18.2 Å². The molecular formula is C9H10O2S2. The van der Waals surface area contributed by atoms with Gasteiger partial charge in [0.2, 0.25) is 0 Å². The van der Waals surface area contributed by atoms with E-state index in [9.17, 15) is 0 Å². The predicted octanol–water partition coefficient (Wildman–Crippen LogP) is 2.44. The number of rotatable bonds is 2. The Kier molecular flexibility index (Phi) is 2.90. The number of thioether (sulfide) groups is 1. The SMILES string of the molecule is SCSc1ccc2c(c1)OCCO2. The Labute approximate surface area is 87.0 Å². The maximum atomic E-state index is 5.45. The molecule has 0 aliphatic carbocycles. The minimum atomic E-state index is 0.641. The summed E-state index contributed by atoms with van der Waals surface area (Å²) in [4.78, 5) is 1.17. The van der Waals surface area contributed by atoms with Gasteiger partial charge in [-0.25, -0.2) is 0 Å². The summed E-state index contributed by atoms with van der Waals surface area (Å²) in [6.07, 6.45) is 0. The fraction of sp³-hybridized carbons (Fsp3) is 0.333. The number of hydrogen-bond donors (Lipinski definition) is 1. The molecule has 2 rings (SSSR count). The smallest absolute Gasteiger partial charge is 0.162 e. The molecule has 1 heterocycles. The molecule has 1 aliphatic heterocycles. The van der Waals surface area contributed by atoms with Gasteiger partial charge in [-0.2, -0.15) is 12.6 Å². The summed E-state index contributed by atoms with van der Waals surface area (Å²) >= 11 is 5.83. The molecule has 4 heteroatoms. The van der Waals surface area contributed by atoms with Crippen molar-refractivity contribution >= 4 is 24.4 Å². The lowest BCUT2D eigenvalue weighted by Crippen LogP contribution is -2.15. The molecule has 1 aromatic rings. The molecule has 0 bridgehead atoms. The first-order valence-electron chi connectivity index (χ1n) is 4.03. The van der Waals surface area contributed by atoms with Gasteiger partial charge in [0.1, 0.15) is 13.2 Å². The molecule has 0 saturated carbocycles. The van der Waals surface area contributed by atoms with Crippen LogP contribution >= 0.6 is 24.4 Å². The van der Waals surface area contributed by atoms with Crippen molar-refractivity contribution in [1.29, 1.82) is 0 Å². The van der Waals surface area contributed by atoms with Crippen molar-refractivity contribution in [1.82, 2.24) is 0 Å². The highest BCUT2D eigenvalue weighted by Crippen LogP contribution is 2.34. The van der Waals surface area contributed by atoms with E-state index in [0.717, 1.165) is 16.6 Å². The van der Waals surface area contributed by atoms with E-state index in [1.54, 1.807) is 11.8 Å². The van der Waals surface area contributed by atoms with Crippen LogP contribution in [0.25, 0.3) is 0 Å². The van der Waals surface area contributed by atoms with Crippen LogP contribution in [0, 0.1) is 0 Å². The van der Waals surface area contributed by atoms with Crippen molar-refractivity contribution in [2.24, 2.45) is 0 Å². The first-order valence-corrected chi connectivity index (χ1v) is 5.65. The molecule has 1 aromatic carbocycles. The van der Waals surface area contributed by atoms with Crippen LogP contribution in [0.5, 0.6) is 11.5 Å². The van der Waals surface area contributed by atoms with Crippen molar-refractivity contribution < 1.29 is 9.47 Å². The van der Waals surface area contributed by atoms with Gasteiger partial charge in [0.05, 0.1) is 0 Å². The van der Waals surface area contributed by atoms with E-state index in [2.05, 4.69) is 12.6 Å². The Hall–Kier alpha value is -0.480. The summed E-state index contributed by atoms with van der Waals surface area (Å²) in [5, 5.41) is 0.777. The molecule has 70 valence electrons. The van der Waals surface area contributed by atoms with Gasteiger partial charge in [0.25, 0.3) is 0 Å². The molecule has 0 unspecified atom stereocenters. The summed E-state index contributed by atoms with van der Waals surface area (Å²) in [7, 11) is 0. The topological polar surface area (TPSA) is 18.5 Å². The fourth-order valence-electron chi connectivity index (χ4n) is 1.19. The highest BCUT2D eigenvalue weighted by Gasteiger charge is 2.11. The van der Waals surface area contributed by atoms with Crippen LogP contribution in [0.15, 0.2) is 23.1 Å². The van der Waals surface area contributed by atoms with Crippen molar-refractivity contribution in [3.8, 4) is 11.5 Å². The second-order valence-electron chi connectivity index (χ2n) is 2.58. The molecular weight excluding hydrogens is 204 g/mol. The van der Waals surface area contributed by atoms with E-state index >= 15 is 0 Å². The Morgan fingerprint density at radius 3 is 2.77 bits per heavy atom. The molecule has 2 nitrogen and oxygen atoms in total. The van der Waals surface area contributed by atoms with E-state index < -0.39 is 0 Å². The van der Waals surface area contributed by atoms with Crippen LogP contribution in [0.2, 0.25) is 0 Å². The molecule has 0 saturated heterocycles. The van der Waals surface area contributed by atoms with E-state index in [4.69, 9.17) is 9.47 Å². The third kappa shape index (κ3) is 2.06. The Morgan fingerprint density at radius 2 is 2.00 bits per heavy atom. The highest BCUT2D eigenvalue weighted by molar-refractivity contribution is 8.09. The first-order chi connectivity index (χ1) is 6.40. The van der Waals surface area contributed by atoms with Crippen LogP contribution in [-0.2, 0) is 0 Å². The maximum Gasteiger partial charge on any atom is 0.162 e. The van der Waals surface area contributed by atoms with Gasteiger partial charge >= 0.3 is 0 Å². The minimum absolute atomic E-state index is 0.641. The highest BCUT2D eigenvalue weighted by atomic mass is 32.2. The summed E-state index contributed by atoms with van der Waals surface area (Å²) in [5.74, 6) is 1.69. The first kappa shape index (κ1) is 9.09.